The molecule has 2 aromatic rings. The minimum absolute atomic E-state index is 0. The van der Waals surface area contributed by atoms with Crippen molar-refractivity contribution in [3.8, 4) is 0 Å². The van der Waals surface area contributed by atoms with Gasteiger partial charge in [0.1, 0.15) is 4.90 Å². The molecule has 0 heterocycles. The van der Waals surface area contributed by atoms with Crippen molar-refractivity contribution >= 4 is 80.0 Å². The van der Waals surface area contributed by atoms with Crippen molar-refractivity contribution in [3.63, 3.8) is 0 Å². The van der Waals surface area contributed by atoms with Gasteiger partial charge >= 0.3 is 59.1 Å². The predicted molar refractivity (Wildman–Crippen MR) is 81.7 cm³/mol. The topological polar surface area (TPSA) is 43.4 Å². The van der Waals surface area contributed by atoms with Gasteiger partial charge in [-0.3, -0.25) is 4.18 Å². The fourth-order valence-corrected chi connectivity index (χ4v) is 3.03. The fourth-order valence-electron chi connectivity index (χ4n) is 1.72. The van der Waals surface area contributed by atoms with E-state index in [2.05, 4.69) is 0 Å². The number of hydrogen-bond acceptors (Lipinski definition) is 3. The summed E-state index contributed by atoms with van der Waals surface area (Å²) in [4.78, 5) is 0.226. The summed E-state index contributed by atoms with van der Waals surface area (Å²) in [5.41, 5.74) is 0. The Hall–Kier alpha value is 0.610. The fraction of sp³-hybridized carbons (Fsp3) is 0.231. The van der Waals surface area contributed by atoms with Crippen LogP contribution in [0.1, 0.15) is 13.8 Å². The van der Waals surface area contributed by atoms with Gasteiger partial charge in [-0.25, -0.2) is 0 Å². The van der Waals surface area contributed by atoms with Crippen molar-refractivity contribution in [2.75, 3.05) is 0 Å². The van der Waals surface area contributed by atoms with E-state index in [1.165, 1.54) is 0 Å². The minimum atomic E-state index is -3.69. The molecule has 0 aliphatic carbocycles. The molecule has 0 amide bonds. The Morgan fingerprint density at radius 2 is 1.53 bits per heavy atom. The van der Waals surface area contributed by atoms with E-state index in [1.54, 1.807) is 32.0 Å². The number of fused-ring (bicyclic) bond motifs is 1. The maximum atomic E-state index is 12.0. The summed E-state index contributed by atoms with van der Waals surface area (Å²) in [5, 5.41) is 1.58. The zero-order valence-electron chi connectivity index (χ0n) is 9.75. The molecule has 6 heteroatoms. The van der Waals surface area contributed by atoms with Gasteiger partial charge in [-0.05, 0) is 25.3 Å². The van der Waals surface area contributed by atoms with E-state index in [-0.39, 0.29) is 70.1 Å². The van der Waals surface area contributed by atoms with Crippen LogP contribution >= 0.6 is 0 Å². The van der Waals surface area contributed by atoms with Crippen molar-refractivity contribution in [3.05, 3.63) is 42.5 Å². The molecule has 2 aromatic carbocycles. The monoisotopic (exact) mass is 298 g/mol. The van der Waals surface area contributed by atoms with Crippen LogP contribution in [0.25, 0.3) is 10.8 Å². The molecular formula is C13H16Na2O3S. The molecule has 0 bridgehead atoms. The average molecular weight is 298 g/mol. The molecule has 0 aliphatic rings. The van der Waals surface area contributed by atoms with Gasteiger partial charge in [0.05, 0.1) is 6.10 Å². The third kappa shape index (κ3) is 4.83. The molecule has 3 nitrogen and oxygen atoms in total. The molecule has 0 saturated carbocycles. The molecule has 19 heavy (non-hydrogen) atoms. The first kappa shape index (κ1) is 19.6. The van der Waals surface area contributed by atoms with Gasteiger partial charge in [0.2, 0.25) is 0 Å². The van der Waals surface area contributed by atoms with E-state index in [4.69, 9.17) is 4.18 Å². The van der Waals surface area contributed by atoms with Crippen LogP contribution in [-0.4, -0.2) is 73.6 Å². The molecule has 0 spiro atoms. The normalized spacial score (nSPS) is 10.9. The van der Waals surface area contributed by atoms with Crippen molar-refractivity contribution in [1.82, 2.24) is 0 Å². The van der Waals surface area contributed by atoms with E-state index in [9.17, 15) is 8.42 Å². The number of rotatable bonds is 3. The second-order valence-electron chi connectivity index (χ2n) is 4.08. The summed E-state index contributed by atoms with van der Waals surface area (Å²) in [6, 6.07) is 12.5. The van der Waals surface area contributed by atoms with E-state index >= 15 is 0 Å². The Morgan fingerprint density at radius 1 is 0.947 bits per heavy atom. The van der Waals surface area contributed by atoms with Crippen LogP contribution in [0.4, 0.5) is 0 Å². The van der Waals surface area contributed by atoms with Gasteiger partial charge < -0.3 is 0 Å². The van der Waals surface area contributed by atoms with Gasteiger partial charge in [0.15, 0.2) is 0 Å². The zero-order valence-corrected chi connectivity index (χ0v) is 10.6. The number of benzene rings is 2. The maximum absolute atomic E-state index is 12.0. The third-order valence-corrected chi connectivity index (χ3v) is 3.87. The SMILES string of the molecule is CC(C)OS(=O)(=O)c1cccc2ccccc12.[NaH].[NaH]. The number of hydrogen-bond donors (Lipinski definition) is 0. The Bertz CT molecular complexity index is 634. The Balaban J connectivity index is 0.00000162. The van der Waals surface area contributed by atoms with Crippen LogP contribution in [0.5, 0.6) is 0 Å². The van der Waals surface area contributed by atoms with Crippen molar-refractivity contribution in [2.45, 2.75) is 24.8 Å². The molecule has 0 radical (unpaired) electrons. The summed E-state index contributed by atoms with van der Waals surface area (Å²) in [5.74, 6) is 0. The van der Waals surface area contributed by atoms with Gasteiger partial charge in [-0.1, -0.05) is 36.4 Å². The predicted octanol–water partition coefficient (Wildman–Crippen LogP) is 1.66. The van der Waals surface area contributed by atoms with Crippen LogP contribution in [0.3, 0.4) is 0 Å². The van der Waals surface area contributed by atoms with Gasteiger partial charge in [-0.15, -0.1) is 0 Å². The van der Waals surface area contributed by atoms with Crippen LogP contribution in [0, 0.1) is 0 Å². The molecule has 0 aromatic heterocycles. The second kappa shape index (κ2) is 8.15. The summed E-state index contributed by atoms with van der Waals surface area (Å²) >= 11 is 0. The van der Waals surface area contributed by atoms with Gasteiger partial charge in [0, 0.05) is 5.39 Å². The summed E-state index contributed by atoms with van der Waals surface area (Å²) in [7, 11) is -3.69. The molecule has 0 fully saturated rings. The molecule has 94 valence electrons. The summed E-state index contributed by atoms with van der Waals surface area (Å²) in [6.07, 6.45) is -0.362. The summed E-state index contributed by atoms with van der Waals surface area (Å²) < 4.78 is 29.1. The first-order chi connectivity index (χ1) is 8.00. The Kier molecular flexibility index (Phi) is 8.41. The molecule has 0 unspecified atom stereocenters. The zero-order chi connectivity index (χ0) is 12.5. The Morgan fingerprint density at radius 3 is 2.16 bits per heavy atom. The standard InChI is InChI=1S/C13H14O3S.2Na.2H/c1-10(2)16-17(14,15)13-9-5-7-11-6-3-4-8-12(11)13;;;;/h3-10H,1-2H3;;;;. The quantitative estimate of drug-likeness (QED) is 0.639. The van der Waals surface area contributed by atoms with Crippen molar-refractivity contribution in [1.29, 1.82) is 0 Å². The molecule has 0 aliphatic heterocycles. The Labute approximate surface area is 158 Å². The molecule has 0 atom stereocenters. The molecule has 0 N–H and O–H groups in total. The van der Waals surface area contributed by atoms with Gasteiger partial charge in [0.25, 0.3) is 10.1 Å². The van der Waals surface area contributed by atoms with Crippen LogP contribution in [0.2, 0.25) is 0 Å². The molecular weight excluding hydrogens is 282 g/mol. The van der Waals surface area contributed by atoms with E-state index in [1.807, 2.05) is 24.3 Å². The van der Waals surface area contributed by atoms with Crippen molar-refractivity contribution in [2.24, 2.45) is 0 Å². The van der Waals surface area contributed by atoms with E-state index in [0.717, 1.165) is 5.39 Å². The van der Waals surface area contributed by atoms with Crippen LogP contribution in [-0.2, 0) is 14.3 Å². The second-order valence-corrected chi connectivity index (χ2v) is 5.62. The van der Waals surface area contributed by atoms with Crippen LogP contribution in [0.15, 0.2) is 47.4 Å². The molecule has 2 rings (SSSR count). The van der Waals surface area contributed by atoms with Gasteiger partial charge in [-0.2, -0.15) is 8.42 Å². The first-order valence-electron chi connectivity index (χ1n) is 5.42. The molecule has 0 saturated heterocycles. The first-order valence-corrected chi connectivity index (χ1v) is 6.82. The van der Waals surface area contributed by atoms with E-state index in [0.29, 0.717) is 5.39 Å². The van der Waals surface area contributed by atoms with Crippen LogP contribution < -0.4 is 0 Å². The van der Waals surface area contributed by atoms with E-state index < -0.39 is 10.1 Å². The third-order valence-electron chi connectivity index (χ3n) is 2.34. The van der Waals surface area contributed by atoms with Crippen molar-refractivity contribution < 1.29 is 12.6 Å². The average Bonchev–Trinajstić information content (AvgIpc) is 2.26. The summed E-state index contributed by atoms with van der Waals surface area (Å²) in [6.45, 7) is 3.39.